The van der Waals surface area contributed by atoms with Crippen LogP contribution in [0.2, 0.25) is 0 Å². The molecule has 0 unspecified atom stereocenters. The van der Waals surface area contributed by atoms with Gasteiger partial charge < -0.3 is 0 Å². The van der Waals surface area contributed by atoms with Gasteiger partial charge in [-0.1, -0.05) is 15.9 Å². The van der Waals surface area contributed by atoms with Crippen LogP contribution in [0.4, 0.5) is 10.1 Å². The Morgan fingerprint density at radius 3 is 2.43 bits per heavy atom. The van der Waals surface area contributed by atoms with E-state index in [9.17, 15) is 12.8 Å². The molecular formula is C8H9BrFNO2S. The number of hydrogen-bond acceptors (Lipinski definition) is 2. The van der Waals surface area contributed by atoms with Crippen molar-refractivity contribution in [3.63, 3.8) is 0 Å². The Morgan fingerprint density at radius 2 is 2.00 bits per heavy atom. The maximum absolute atomic E-state index is 13.3. The number of nitrogens with zero attached hydrogens (tertiary/aromatic N) is 1. The summed E-state index contributed by atoms with van der Waals surface area (Å²) in [5.41, 5.74) is 0.0377. The summed E-state index contributed by atoms with van der Waals surface area (Å²) in [5, 5.41) is 0. The van der Waals surface area contributed by atoms with Crippen LogP contribution in [0, 0.1) is 5.82 Å². The van der Waals surface area contributed by atoms with Gasteiger partial charge >= 0.3 is 0 Å². The molecule has 3 nitrogen and oxygen atoms in total. The normalized spacial score (nSPS) is 11.4. The highest BCUT2D eigenvalue weighted by molar-refractivity contribution is 9.10. The molecule has 0 N–H and O–H groups in total. The number of rotatable bonds is 2. The fourth-order valence-electron chi connectivity index (χ4n) is 0.915. The predicted octanol–water partition coefficient (Wildman–Crippen LogP) is 1.98. The van der Waals surface area contributed by atoms with Crippen molar-refractivity contribution in [1.29, 1.82) is 0 Å². The molecule has 14 heavy (non-hydrogen) atoms. The first-order valence-electron chi connectivity index (χ1n) is 3.71. The quantitative estimate of drug-likeness (QED) is 0.831. The molecule has 1 aromatic carbocycles. The number of hydrogen-bond donors (Lipinski definition) is 0. The van der Waals surface area contributed by atoms with Gasteiger partial charge in [0.15, 0.2) is 0 Å². The molecule has 0 aliphatic rings. The van der Waals surface area contributed by atoms with Crippen LogP contribution in [0.5, 0.6) is 0 Å². The molecule has 0 heterocycles. The minimum Gasteiger partial charge on any atom is -0.271 e. The van der Waals surface area contributed by atoms with E-state index in [1.165, 1.54) is 19.2 Å². The van der Waals surface area contributed by atoms with Gasteiger partial charge in [0, 0.05) is 11.5 Å². The van der Waals surface area contributed by atoms with E-state index in [0.717, 1.165) is 10.6 Å². The maximum atomic E-state index is 13.3. The third-order valence-electron chi connectivity index (χ3n) is 1.75. The highest BCUT2D eigenvalue weighted by atomic mass is 79.9. The lowest BCUT2D eigenvalue weighted by molar-refractivity contribution is 0.595. The minimum absolute atomic E-state index is 0.0377. The van der Waals surface area contributed by atoms with Crippen molar-refractivity contribution in [2.45, 2.75) is 0 Å². The van der Waals surface area contributed by atoms with E-state index in [1.807, 2.05) is 0 Å². The van der Waals surface area contributed by atoms with Crippen molar-refractivity contribution in [3.8, 4) is 0 Å². The van der Waals surface area contributed by atoms with Gasteiger partial charge in [0.05, 0.1) is 11.9 Å². The van der Waals surface area contributed by atoms with Gasteiger partial charge in [0.25, 0.3) is 0 Å². The zero-order valence-electron chi connectivity index (χ0n) is 7.66. The highest BCUT2D eigenvalue weighted by Crippen LogP contribution is 2.23. The number of sulfonamides is 1. The monoisotopic (exact) mass is 281 g/mol. The van der Waals surface area contributed by atoms with Crippen molar-refractivity contribution in [2.75, 3.05) is 17.6 Å². The van der Waals surface area contributed by atoms with Gasteiger partial charge in [-0.05, 0) is 18.2 Å². The smallest absolute Gasteiger partial charge is 0.232 e. The van der Waals surface area contributed by atoms with Crippen LogP contribution in [0.25, 0.3) is 0 Å². The van der Waals surface area contributed by atoms with Gasteiger partial charge in [-0.25, -0.2) is 12.8 Å². The molecule has 0 radical (unpaired) electrons. The van der Waals surface area contributed by atoms with Crippen molar-refractivity contribution in [3.05, 3.63) is 28.5 Å². The Labute approximate surface area is 90.7 Å². The molecule has 0 bridgehead atoms. The molecule has 0 saturated heterocycles. The average Bonchev–Trinajstić information content (AvgIpc) is 2.01. The molecule has 6 heteroatoms. The molecule has 0 saturated carbocycles. The van der Waals surface area contributed by atoms with Crippen LogP contribution in [0.1, 0.15) is 0 Å². The van der Waals surface area contributed by atoms with E-state index in [4.69, 9.17) is 0 Å². The van der Waals surface area contributed by atoms with Gasteiger partial charge in [0.2, 0.25) is 10.0 Å². The Hall–Kier alpha value is -0.620. The van der Waals surface area contributed by atoms with E-state index in [1.54, 1.807) is 6.07 Å². The lowest BCUT2D eigenvalue weighted by Crippen LogP contribution is -2.25. The number of anilines is 1. The summed E-state index contributed by atoms with van der Waals surface area (Å²) in [4.78, 5) is 0. The summed E-state index contributed by atoms with van der Waals surface area (Å²) >= 11 is 3.09. The zero-order chi connectivity index (χ0) is 10.9. The van der Waals surface area contributed by atoms with Gasteiger partial charge in [0.1, 0.15) is 5.82 Å². The average molecular weight is 282 g/mol. The zero-order valence-corrected chi connectivity index (χ0v) is 10.1. The Bertz CT molecular complexity index is 447. The van der Waals surface area contributed by atoms with Crippen LogP contribution in [0.15, 0.2) is 22.7 Å². The van der Waals surface area contributed by atoms with E-state index < -0.39 is 15.8 Å². The van der Waals surface area contributed by atoms with Crippen LogP contribution >= 0.6 is 15.9 Å². The molecule has 0 aliphatic heterocycles. The van der Waals surface area contributed by atoms with Crippen LogP contribution in [-0.2, 0) is 10.0 Å². The molecule has 0 aromatic heterocycles. The fraction of sp³-hybridized carbons (Fsp3) is 0.250. The summed E-state index contributed by atoms with van der Waals surface area (Å²) in [6.45, 7) is 0. The Morgan fingerprint density at radius 1 is 1.43 bits per heavy atom. The summed E-state index contributed by atoms with van der Waals surface area (Å²) in [6.07, 6.45) is 1.02. The van der Waals surface area contributed by atoms with E-state index in [2.05, 4.69) is 15.9 Å². The topological polar surface area (TPSA) is 37.4 Å². The SMILES string of the molecule is CN(c1ccc(Br)cc1F)S(C)(=O)=O. The first-order chi connectivity index (χ1) is 6.32. The number of benzene rings is 1. The lowest BCUT2D eigenvalue weighted by Gasteiger charge is -2.17. The minimum atomic E-state index is -3.41. The Kier molecular flexibility index (Phi) is 3.16. The highest BCUT2D eigenvalue weighted by Gasteiger charge is 2.15. The van der Waals surface area contributed by atoms with Gasteiger partial charge in [-0.2, -0.15) is 0 Å². The van der Waals surface area contributed by atoms with E-state index >= 15 is 0 Å². The summed E-state index contributed by atoms with van der Waals surface area (Å²) in [5.74, 6) is -0.577. The van der Waals surface area contributed by atoms with Crippen molar-refractivity contribution < 1.29 is 12.8 Å². The summed E-state index contributed by atoms with van der Waals surface area (Å²) in [7, 11) is -2.11. The summed E-state index contributed by atoms with van der Waals surface area (Å²) < 4.78 is 37.0. The first-order valence-corrected chi connectivity index (χ1v) is 6.35. The molecule has 0 atom stereocenters. The van der Waals surface area contributed by atoms with Crippen molar-refractivity contribution in [1.82, 2.24) is 0 Å². The second kappa shape index (κ2) is 3.86. The van der Waals surface area contributed by atoms with Crippen molar-refractivity contribution >= 4 is 31.6 Å². The molecule has 1 aromatic rings. The van der Waals surface area contributed by atoms with E-state index in [0.29, 0.717) is 4.47 Å². The van der Waals surface area contributed by atoms with Crippen molar-refractivity contribution in [2.24, 2.45) is 0 Å². The van der Waals surface area contributed by atoms with Gasteiger partial charge in [-0.3, -0.25) is 4.31 Å². The fourth-order valence-corrected chi connectivity index (χ4v) is 1.75. The third-order valence-corrected chi connectivity index (χ3v) is 3.43. The summed E-state index contributed by atoms with van der Waals surface area (Å²) in [6, 6.07) is 4.21. The van der Waals surface area contributed by atoms with Crippen LogP contribution in [0.3, 0.4) is 0 Å². The van der Waals surface area contributed by atoms with Crippen LogP contribution in [-0.4, -0.2) is 21.7 Å². The van der Waals surface area contributed by atoms with Gasteiger partial charge in [-0.15, -0.1) is 0 Å². The second-order valence-corrected chi connectivity index (χ2v) is 5.76. The first kappa shape index (κ1) is 11.5. The standard InChI is InChI=1S/C8H9BrFNO2S/c1-11(14(2,12)13)8-4-3-6(9)5-7(8)10/h3-5H,1-2H3. The molecular weight excluding hydrogens is 273 g/mol. The molecule has 0 fully saturated rings. The predicted molar refractivity (Wildman–Crippen MR) is 57.3 cm³/mol. The lowest BCUT2D eigenvalue weighted by atomic mass is 10.3. The molecule has 0 aliphatic carbocycles. The largest absolute Gasteiger partial charge is 0.271 e. The number of halogens is 2. The second-order valence-electron chi connectivity index (χ2n) is 2.83. The molecule has 1 rings (SSSR count). The molecule has 78 valence electrons. The molecule has 0 amide bonds. The molecule has 0 spiro atoms. The van der Waals surface area contributed by atoms with Crippen LogP contribution < -0.4 is 4.31 Å². The third kappa shape index (κ3) is 2.45. The Balaban J connectivity index is 3.21. The van der Waals surface area contributed by atoms with E-state index in [-0.39, 0.29) is 5.69 Å². The maximum Gasteiger partial charge on any atom is 0.232 e.